The number of hydrogen-bond donors (Lipinski definition) is 0. The Labute approximate surface area is 83.5 Å². The number of esters is 1. The fourth-order valence-electron chi connectivity index (χ4n) is 1.11. The normalized spacial score (nSPS) is 9.21. The molecule has 0 amide bonds. The molecule has 0 radical (unpaired) electrons. The smallest absolute Gasteiger partial charge is 0.335 e. The van der Waals surface area contributed by atoms with Crippen LogP contribution in [0.25, 0.3) is 6.08 Å². The van der Waals surface area contributed by atoms with E-state index in [0.717, 1.165) is 17.2 Å². The molecule has 1 aromatic carbocycles. The molecule has 0 atom stereocenters. The maximum absolute atomic E-state index is 11.0. The minimum Gasteiger partial charge on any atom is -0.423 e. The maximum Gasteiger partial charge on any atom is 0.335 e. The van der Waals surface area contributed by atoms with Crippen molar-refractivity contribution in [2.75, 3.05) is 0 Å². The van der Waals surface area contributed by atoms with Crippen LogP contribution >= 0.6 is 0 Å². The zero-order valence-corrected chi connectivity index (χ0v) is 8.12. The lowest BCUT2D eigenvalue weighted by molar-refractivity contribution is -0.129. The molecule has 0 aliphatic heterocycles. The molecule has 0 bridgehead atoms. The molecule has 0 aromatic heterocycles. The number of ether oxygens (including phenoxy) is 1. The van der Waals surface area contributed by atoms with Crippen LogP contribution in [0.15, 0.2) is 37.4 Å². The van der Waals surface area contributed by atoms with Crippen LogP contribution in [0.5, 0.6) is 5.75 Å². The summed E-state index contributed by atoms with van der Waals surface area (Å²) in [5, 5.41) is 0. The first-order valence-electron chi connectivity index (χ1n) is 4.25. The maximum atomic E-state index is 11.0. The van der Waals surface area contributed by atoms with Gasteiger partial charge in [-0.1, -0.05) is 31.4 Å². The Bertz CT molecular complexity index is 378. The van der Waals surface area contributed by atoms with Gasteiger partial charge in [0.25, 0.3) is 0 Å². The molecule has 1 rings (SSSR count). The Kier molecular flexibility index (Phi) is 3.24. The quantitative estimate of drug-likeness (QED) is 0.414. The lowest BCUT2D eigenvalue weighted by Crippen LogP contribution is -2.04. The minimum absolute atomic E-state index is 0.450. The molecule has 0 aliphatic carbocycles. The highest BCUT2D eigenvalue weighted by Crippen LogP contribution is 2.22. The number of hydrogen-bond acceptors (Lipinski definition) is 2. The third kappa shape index (κ3) is 2.10. The molecule has 72 valence electrons. The van der Waals surface area contributed by atoms with Crippen molar-refractivity contribution in [3.63, 3.8) is 0 Å². The number of carbonyl (C=O) groups is 1. The van der Waals surface area contributed by atoms with E-state index in [0.29, 0.717) is 5.75 Å². The number of benzene rings is 1. The first-order valence-corrected chi connectivity index (χ1v) is 4.25. The van der Waals surface area contributed by atoms with Crippen molar-refractivity contribution in [2.45, 2.75) is 6.92 Å². The molecule has 14 heavy (non-hydrogen) atoms. The topological polar surface area (TPSA) is 26.3 Å². The third-order valence-corrected chi connectivity index (χ3v) is 1.92. The van der Waals surface area contributed by atoms with E-state index in [2.05, 4.69) is 13.2 Å². The Morgan fingerprint density at radius 3 is 2.71 bits per heavy atom. The predicted molar refractivity (Wildman–Crippen MR) is 57.1 cm³/mol. The van der Waals surface area contributed by atoms with Crippen molar-refractivity contribution in [3.05, 3.63) is 48.6 Å². The molecule has 0 heterocycles. The molecule has 0 N–H and O–H groups in total. The summed E-state index contributed by atoms with van der Waals surface area (Å²) in [6.07, 6.45) is 2.86. The van der Waals surface area contributed by atoms with Gasteiger partial charge in [0.2, 0.25) is 0 Å². The molecule has 0 saturated heterocycles. The van der Waals surface area contributed by atoms with E-state index < -0.39 is 5.97 Å². The molecular formula is C12H12O2. The summed E-state index contributed by atoms with van der Waals surface area (Å²) in [6.45, 7) is 8.88. The van der Waals surface area contributed by atoms with Gasteiger partial charge in [-0.15, -0.1) is 0 Å². The highest BCUT2D eigenvalue weighted by Gasteiger charge is 2.05. The summed E-state index contributed by atoms with van der Waals surface area (Å²) in [5.41, 5.74) is 1.86. The second-order valence-electron chi connectivity index (χ2n) is 2.80. The Balaban J connectivity index is 3.03. The Morgan fingerprint density at radius 1 is 1.43 bits per heavy atom. The van der Waals surface area contributed by atoms with Gasteiger partial charge in [-0.3, -0.25) is 0 Å². The second-order valence-corrected chi connectivity index (χ2v) is 2.80. The highest BCUT2D eigenvalue weighted by molar-refractivity contribution is 5.83. The van der Waals surface area contributed by atoms with Gasteiger partial charge in [0.05, 0.1) is 0 Å². The average Bonchev–Trinajstić information content (AvgIpc) is 2.21. The first kappa shape index (κ1) is 10.3. The van der Waals surface area contributed by atoms with E-state index in [1.54, 1.807) is 12.1 Å². The summed E-state index contributed by atoms with van der Waals surface area (Å²) in [5.74, 6) is 0.0987. The van der Waals surface area contributed by atoms with Gasteiger partial charge in [0.1, 0.15) is 5.75 Å². The van der Waals surface area contributed by atoms with Crippen LogP contribution in [0, 0.1) is 6.92 Å². The van der Waals surface area contributed by atoms with E-state index in [9.17, 15) is 4.79 Å². The van der Waals surface area contributed by atoms with Gasteiger partial charge in [0.15, 0.2) is 0 Å². The Hall–Kier alpha value is -1.83. The third-order valence-electron chi connectivity index (χ3n) is 1.92. The summed E-state index contributed by atoms with van der Waals surface area (Å²) >= 11 is 0. The van der Waals surface area contributed by atoms with Crippen molar-refractivity contribution >= 4 is 12.0 Å². The van der Waals surface area contributed by atoms with E-state index in [1.807, 2.05) is 19.1 Å². The lowest BCUT2D eigenvalue weighted by Gasteiger charge is -2.07. The van der Waals surface area contributed by atoms with Gasteiger partial charge in [-0.2, -0.15) is 0 Å². The van der Waals surface area contributed by atoms with Crippen LogP contribution in [-0.4, -0.2) is 5.97 Å². The van der Waals surface area contributed by atoms with Gasteiger partial charge in [-0.25, -0.2) is 4.79 Å². The molecule has 0 aliphatic rings. The highest BCUT2D eigenvalue weighted by atomic mass is 16.5. The molecule has 2 heteroatoms. The fourth-order valence-corrected chi connectivity index (χ4v) is 1.11. The van der Waals surface area contributed by atoms with Crippen LogP contribution in [0.2, 0.25) is 0 Å². The lowest BCUT2D eigenvalue weighted by atomic mass is 10.1. The fraction of sp³-hybridized carbons (Fsp3) is 0.0833. The molecule has 2 nitrogen and oxygen atoms in total. The zero-order valence-electron chi connectivity index (χ0n) is 8.12. The van der Waals surface area contributed by atoms with Crippen molar-refractivity contribution in [2.24, 2.45) is 0 Å². The number of rotatable bonds is 3. The standard InChI is InChI=1S/C12H12O2/c1-4-10-7-6-8-11(9(10)3)14-12(13)5-2/h4-8H,1-2H2,3H3. The van der Waals surface area contributed by atoms with Crippen LogP contribution < -0.4 is 4.74 Å². The monoisotopic (exact) mass is 188 g/mol. The van der Waals surface area contributed by atoms with E-state index in [1.165, 1.54) is 0 Å². The van der Waals surface area contributed by atoms with Crippen molar-refractivity contribution in [3.8, 4) is 5.75 Å². The van der Waals surface area contributed by atoms with Gasteiger partial charge in [0, 0.05) is 6.08 Å². The molecule has 0 fully saturated rings. The van der Waals surface area contributed by atoms with Crippen molar-refractivity contribution < 1.29 is 9.53 Å². The summed E-state index contributed by atoms with van der Waals surface area (Å²) in [7, 11) is 0. The summed E-state index contributed by atoms with van der Waals surface area (Å²) in [4.78, 5) is 11.0. The number of carbonyl (C=O) groups excluding carboxylic acids is 1. The second kappa shape index (κ2) is 4.42. The van der Waals surface area contributed by atoms with Gasteiger partial charge >= 0.3 is 5.97 Å². The summed E-state index contributed by atoms with van der Waals surface area (Å²) in [6, 6.07) is 5.47. The molecule has 0 saturated carbocycles. The minimum atomic E-state index is -0.450. The summed E-state index contributed by atoms with van der Waals surface area (Å²) < 4.78 is 5.03. The van der Waals surface area contributed by atoms with E-state index in [4.69, 9.17) is 4.74 Å². The molecule has 1 aromatic rings. The zero-order chi connectivity index (χ0) is 10.6. The van der Waals surface area contributed by atoms with Crippen molar-refractivity contribution in [1.82, 2.24) is 0 Å². The van der Waals surface area contributed by atoms with Crippen LogP contribution in [0.3, 0.4) is 0 Å². The average molecular weight is 188 g/mol. The van der Waals surface area contributed by atoms with Crippen LogP contribution in [0.1, 0.15) is 11.1 Å². The van der Waals surface area contributed by atoms with Crippen LogP contribution in [-0.2, 0) is 4.79 Å². The van der Waals surface area contributed by atoms with Gasteiger partial charge in [-0.05, 0) is 24.1 Å². The van der Waals surface area contributed by atoms with Gasteiger partial charge < -0.3 is 4.74 Å². The molecule has 0 spiro atoms. The van der Waals surface area contributed by atoms with E-state index >= 15 is 0 Å². The van der Waals surface area contributed by atoms with Crippen LogP contribution in [0.4, 0.5) is 0 Å². The first-order chi connectivity index (χ1) is 6.69. The molecular weight excluding hydrogens is 176 g/mol. The Morgan fingerprint density at radius 2 is 2.14 bits per heavy atom. The predicted octanol–water partition coefficient (Wildman–Crippen LogP) is 2.73. The van der Waals surface area contributed by atoms with E-state index in [-0.39, 0.29) is 0 Å². The van der Waals surface area contributed by atoms with Crippen molar-refractivity contribution in [1.29, 1.82) is 0 Å². The molecule has 0 unspecified atom stereocenters. The SMILES string of the molecule is C=CC(=O)Oc1cccc(C=C)c1C. The largest absolute Gasteiger partial charge is 0.423 e.